The van der Waals surface area contributed by atoms with Crippen LogP contribution in [0.25, 0.3) is 0 Å². The third-order valence-electron chi connectivity index (χ3n) is 13.6. The number of carbonyl (C=O) groups is 6. The van der Waals surface area contributed by atoms with Gasteiger partial charge >= 0.3 is 6.03 Å². The molecule has 13 heteroatoms. The lowest BCUT2D eigenvalue weighted by atomic mass is 9.73. The van der Waals surface area contributed by atoms with Crippen LogP contribution in [0.3, 0.4) is 0 Å². The molecule has 5 N–H and O–H groups in total. The van der Waals surface area contributed by atoms with Gasteiger partial charge in [-0.2, -0.15) is 0 Å². The second kappa shape index (κ2) is 13.9. The predicted molar refractivity (Wildman–Crippen MR) is 195 cm³/mol. The molecule has 13 nitrogen and oxygen atoms in total. The summed E-state index contributed by atoms with van der Waals surface area (Å²) < 4.78 is 5.83. The van der Waals surface area contributed by atoms with Crippen molar-refractivity contribution in [2.45, 2.75) is 157 Å². The highest BCUT2D eigenvalue weighted by Gasteiger charge is 2.85. The molecule has 2 spiro atoms. The van der Waals surface area contributed by atoms with Crippen molar-refractivity contribution in [1.82, 2.24) is 25.8 Å². The van der Waals surface area contributed by atoms with Crippen molar-refractivity contribution in [2.75, 3.05) is 19.6 Å². The second-order valence-electron chi connectivity index (χ2n) is 19.4. The van der Waals surface area contributed by atoms with Crippen LogP contribution in [-0.2, 0) is 28.7 Å². The van der Waals surface area contributed by atoms with Gasteiger partial charge in [0.25, 0.3) is 5.91 Å². The number of urea groups is 1. The maximum Gasteiger partial charge on any atom is 0.316 e. The van der Waals surface area contributed by atoms with Gasteiger partial charge in [-0.3, -0.25) is 24.0 Å². The van der Waals surface area contributed by atoms with Crippen LogP contribution in [0.4, 0.5) is 4.79 Å². The Morgan fingerprint density at radius 2 is 1.35 bits per heavy atom. The van der Waals surface area contributed by atoms with E-state index in [1.807, 2.05) is 55.4 Å². The fourth-order valence-corrected chi connectivity index (χ4v) is 10.1. The summed E-state index contributed by atoms with van der Waals surface area (Å²) in [5.41, 5.74) is 3.60. The molecule has 0 aromatic heterocycles. The van der Waals surface area contributed by atoms with Gasteiger partial charge < -0.3 is 36.2 Å². The number of ether oxygens (including phenoxy) is 1. The van der Waals surface area contributed by atoms with Crippen molar-refractivity contribution in [1.29, 1.82) is 0 Å². The van der Waals surface area contributed by atoms with Crippen molar-refractivity contribution in [3.05, 3.63) is 0 Å². The average Bonchev–Trinajstić information content (AvgIpc) is 3.19. The Bertz CT molecular complexity index is 1450. The normalized spacial score (nSPS) is 29.7. The molecule has 0 radical (unpaired) electrons. The largest absolute Gasteiger partial charge is 0.372 e. The Kier molecular flexibility index (Phi) is 10.7. The van der Waals surface area contributed by atoms with E-state index in [0.29, 0.717) is 32.5 Å². The van der Waals surface area contributed by atoms with E-state index in [2.05, 4.69) is 29.8 Å². The number of ketones is 1. The maximum atomic E-state index is 14.9. The number of Topliss-reactive ketones (excluding diaryl/α,β-unsaturated/α-hetero) is 1. The first kappa shape index (κ1) is 40.0. The van der Waals surface area contributed by atoms with Gasteiger partial charge in [0.1, 0.15) is 18.1 Å². The molecule has 0 aromatic carbocycles. The number of morpholine rings is 1. The first-order valence-corrected chi connectivity index (χ1v) is 19.4. The van der Waals surface area contributed by atoms with E-state index in [1.54, 1.807) is 9.80 Å². The Hall–Kier alpha value is -3.22. The highest BCUT2D eigenvalue weighted by atomic mass is 16.5. The van der Waals surface area contributed by atoms with Crippen molar-refractivity contribution in [3.8, 4) is 0 Å². The number of nitrogens with one attached hydrogen (secondary N) is 3. The van der Waals surface area contributed by atoms with Gasteiger partial charge in [-0.1, -0.05) is 81.1 Å². The van der Waals surface area contributed by atoms with Crippen LogP contribution in [0.2, 0.25) is 0 Å². The number of nitrogens with zero attached hydrogens (tertiary/aromatic N) is 2. The first-order chi connectivity index (χ1) is 24.0. The number of amides is 6. The van der Waals surface area contributed by atoms with Crippen LogP contribution in [-0.4, -0.2) is 101 Å². The highest BCUT2D eigenvalue weighted by Crippen LogP contribution is 2.88. The number of primary amides is 1. The molecule has 3 aliphatic carbocycles. The monoisotopic (exact) mass is 728 g/mol. The minimum absolute atomic E-state index is 0.0126. The van der Waals surface area contributed by atoms with Crippen molar-refractivity contribution in [3.63, 3.8) is 0 Å². The van der Waals surface area contributed by atoms with Crippen molar-refractivity contribution >= 4 is 35.4 Å². The summed E-state index contributed by atoms with van der Waals surface area (Å²) in [7, 11) is 0. The van der Waals surface area contributed by atoms with Gasteiger partial charge in [-0.05, 0) is 67.1 Å². The summed E-state index contributed by atoms with van der Waals surface area (Å²) in [6.45, 7) is 20.7. The zero-order chi connectivity index (χ0) is 38.8. The van der Waals surface area contributed by atoms with E-state index in [4.69, 9.17) is 10.5 Å². The van der Waals surface area contributed by atoms with Crippen molar-refractivity contribution in [2.24, 2.45) is 38.7 Å². The SMILES string of the molecule is C[C@@H]1CN(C(=O)[C@@H](NC(=O)N[C@H](C(=O)N2C[C@]3(C[C@H]2C(=O)NC(CC2CCC2)C(=O)C(N)=O)C(C)(C)C32CCC2)C(C)(C)C)C(C)(C)C)C[C@H](C)O1. The number of nitrogens with two attached hydrogens (primary N) is 1. The van der Waals surface area contributed by atoms with Crippen LogP contribution < -0.4 is 21.7 Å². The summed E-state index contributed by atoms with van der Waals surface area (Å²) in [6, 6.07) is -4.54. The topological polar surface area (TPSA) is 180 Å². The van der Waals surface area contributed by atoms with Crippen LogP contribution in [0.1, 0.15) is 121 Å². The van der Waals surface area contributed by atoms with E-state index in [0.717, 1.165) is 38.5 Å². The summed E-state index contributed by atoms with van der Waals surface area (Å²) in [5.74, 6) is -2.80. The highest BCUT2D eigenvalue weighted by molar-refractivity contribution is 6.37. The minimum atomic E-state index is -1.09. The standard InChI is InChI=1S/C39H64N6O7/c1-22-19-44(20-23(2)52-22)32(49)28(35(3,4)5)42-34(51)43-29(36(6,7)8)33(50)45-21-39(37(9,10)38(39)15-12-16-38)18-26(45)31(48)41-25(27(46)30(40)47)17-24-13-11-14-24/h22-26,28-29H,11-21H2,1-10H3,(H2,40,47)(H,41,48)(H2,42,43,51)/t22-,23+,25?,26-,28+,29+,39+/m0/s1. The fraction of sp³-hybridized carbons (Fsp3) is 0.846. The number of likely N-dealkylation sites (tertiary alicyclic amines) is 1. The lowest BCUT2D eigenvalue weighted by Crippen LogP contribution is -2.63. The van der Waals surface area contributed by atoms with E-state index in [-0.39, 0.29) is 40.3 Å². The van der Waals surface area contributed by atoms with Gasteiger partial charge in [0, 0.05) is 25.0 Å². The van der Waals surface area contributed by atoms with Crippen LogP contribution in [0.5, 0.6) is 0 Å². The smallest absolute Gasteiger partial charge is 0.316 e. The Balaban J connectivity index is 1.39. The van der Waals surface area contributed by atoms with Gasteiger partial charge in [-0.25, -0.2) is 4.79 Å². The number of hydrogen-bond acceptors (Lipinski definition) is 7. The summed E-state index contributed by atoms with van der Waals surface area (Å²) >= 11 is 0. The summed E-state index contributed by atoms with van der Waals surface area (Å²) in [4.78, 5) is 85.2. The molecule has 7 atom stereocenters. The molecular formula is C39H64N6O7. The van der Waals surface area contributed by atoms with Gasteiger partial charge in [-0.15, -0.1) is 0 Å². The Labute approximate surface area is 309 Å². The summed E-state index contributed by atoms with van der Waals surface area (Å²) in [5, 5.41) is 8.68. The Morgan fingerprint density at radius 3 is 1.77 bits per heavy atom. The molecule has 6 amide bonds. The van der Waals surface area contributed by atoms with Crippen LogP contribution in [0, 0.1) is 33.0 Å². The zero-order valence-corrected chi connectivity index (χ0v) is 33.1. The minimum Gasteiger partial charge on any atom is -0.372 e. The molecule has 2 aliphatic heterocycles. The van der Waals surface area contributed by atoms with Gasteiger partial charge in [0.15, 0.2) is 0 Å². The van der Waals surface area contributed by atoms with Gasteiger partial charge in [0.2, 0.25) is 23.5 Å². The van der Waals surface area contributed by atoms with Gasteiger partial charge in [0.05, 0.1) is 18.2 Å². The van der Waals surface area contributed by atoms with E-state index in [9.17, 15) is 28.8 Å². The van der Waals surface area contributed by atoms with Crippen molar-refractivity contribution < 1.29 is 33.5 Å². The quantitative estimate of drug-likeness (QED) is 0.249. The molecule has 1 unspecified atom stereocenters. The third-order valence-corrected chi connectivity index (χ3v) is 13.6. The zero-order valence-electron chi connectivity index (χ0n) is 33.1. The average molecular weight is 729 g/mol. The van der Waals surface area contributed by atoms with E-state index >= 15 is 0 Å². The molecule has 0 bridgehead atoms. The van der Waals surface area contributed by atoms with Crippen LogP contribution in [0.15, 0.2) is 0 Å². The molecule has 5 rings (SSSR count). The fourth-order valence-electron chi connectivity index (χ4n) is 10.1. The van der Waals surface area contributed by atoms with E-state index in [1.165, 1.54) is 0 Å². The lowest BCUT2D eigenvalue weighted by molar-refractivity contribution is -0.147. The first-order valence-electron chi connectivity index (χ1n) is 19.4. The maximum absolute atomic E-state index is 14.9. The summed E-state index contributed by atoms with van der Waals surface area (Å²) in [6.07, 6.45) is 6.48. The van der Waals surface area contributed by atoms with E-state index < -0.39 is 64.5 Å². The second-order valence-corrected chi connectivity index (χ2v) is 19.4. The Morgan fingerprint density at radius 1 is 0.808 bits per heavy atom. The predicted octanol–water partition coefficient (Wildman–Crippen LogP) is 3.28. The molecule has 292 valence electrons. The molecule has 2 saturated heterocycles. The van der Waals surface area contributed by atoms with Crippen LogP contribution >= 0.6 is 0 Å². The molecule has 5 aliphatic rings. The lowest BCUT2D eigenvalue weighted by Gasteiger charge is -2.41. The molecule has 5 fully saturated rings. The number of carbonyl (C=O) groups excluding carboxylic acids is 6. The number of rotatable bonds is 10. The molecule has 0 aromatic rings. The number of hydrogen-bond donors (Lipinski definition) is 4. The molecule has 2 heterocycles. The molecule has 3 saturated carbocycles. The third kappa shape index (κ3) is 7.07. The molecule has 52 heavy (non-hydrogen) atoms. The molecular weight excluding hydrogens is 664 g/mol. The number of fused-ring (bicyclic) bond motifs is 1.